The highest BCUT2D eigenvalue weighted by Gasteiger charge is 2.41. The number of carbonyl (C=O) groups excluding carboxylic acids is 1. The van der Waals surface area contributed by atoms with Gasteiger partial charge in [-0.25, -0.2) is 5.43 Å². The SMILES string of the molecule is CSCC(=O)N1CCC2NNC(c3ccccc3)C2C1. The van der Waals surface area contributed by atoms with Gasteiger partial charge in [-0.2, -0.15) is 11.8 Å². The Balaban J connectivity index is 1.72. The minimum Gasteiger partial charge on any atom is -0.342 e. The predicted octanol–water partition coefficient (Wildman–Crippen LogP) is 1.42. The first kappa shape index (κ1) is 13.9. The molecule has 2 aliphatic heterocycles. The number of carbonyl (C=O) groups is 1. The number of benzene rings is 1. The van der Waals surface area contributed by atoms with Crippen molar-refractivity contribution in [2.45, 2.75) is 18.5 Å². The third-order valence-corrected chi connectivity index (χ3v) is 4.83. The molecule has 0 spiro atoms. The second-order valence-electron chi connectivity index (χ2n) is 5.51. The number of piperidine rings is 1. The summed E-state index contributed by atoms with van der Waals surface area (Å²) >= 11 is 1.60. The number of rotatable bonds is 3. The summed E-state index contributed by atoms with van der Waals surface area (Å²) in [6, 6.07) is 11.3. The fraction of sp³-hybridized carbons (Fsp3) is 0.533. The number of amides is 1. The third-order valence-electron chi connectivity index (χ3n) is 4.29. The van der Waals surface area contributed by atoms with Gasteiger partial charge in [-0.05, 0) is 18.2 Å². The molecule has 1 aromatic rings. The van der Waals surface area contributed by atoms with Crippen molar-refractivity contribution in [3.8, 4) is 0 Å². The maximum atomic E-state index is 12.1. The van der Waals surface area contributed by atoms with Crippen molar-refractivity contribution in [2.75, 3.05) is 25.1 Å². The molecule has 2 N–H and O–H groups in total. The van der Waals surface area contributed by atoms with Crippen molar-refractivity contribution < 1.29 is 4.79 Å². The molecule has 5 heteroatoms. The lowest BCUT2D eigenvalue weighted by Crippen LogP contribution is -2.48. The van der Waals surface area contributed by atoms with Gasteiger partial charge in [0.25, 0.3) is 0 Å². The van der Waals surface area contributed by atoms with Crippen molar-refractivity contribution in [3.05, 3.63) is 35.9 Å². The highest BCUT2D eigenvalue weighted by atomic mass is 32.2. The van der Waals surface area contributed by atoms with Crippen molar-refractivity contribution in [3.63, 3.8) is 0 Å². The first-order valence-corrected chi connectivity index (χ1v) is 8.51. The van der Waals surface area contributed by atoms with E-state index in [1.165, 1.54) is 5.56 Å². The van der Waals surface area contributed by atoms with Gasteiger partial charge in [-0.3, -0.25) is 10.2 Å². The van der Waals surface area contributed by atoms with Gasteiger partial charge in [0, 0.05) is 25.0 Å². The zero-order valence-corrected chi connectivity index (χ0v) is 12.5. The van der Waals surface area contributed by atoms with Crippen LogP contribution < -0.4 is 10.9 Å². The molecule has 2 heterocycles. The van der Waals surface area contributed by atoms with Gasteiger partial charge in [-0.1, -0.05) is 30.3 Å². The summed E-state index contributed by atoms with van der Waals surface area (Å²) in [5.74, 6) is 1.32. The summed E-state index contributed by atoms with van der Waals surface area (Å²) < 4.78 is 0. The van der Waals surface area contributed by atoms with Crippen LogP contribution in [0.1, 0.15) is 18.0 Å². The smallest absolute Gasteiger partial charge is 0.232 e. The van der Waals surface area contributed by atoms with E-state index in [1.54, 1.807) is 11.8 Å². The molecule has 1 aromatic carbocycles. The number of thioether (sulfide) groups is 1. The topological polar surface area (TPSA) is 44.4 Å². The van der Waals surface area contributed by atoms with Crippen LogP contribution in [-0.2, 0) is 4.79 Å². The van der Waals surface area contributed by atoms with Crippen LogP contribution >= 0.6 is 11.8 Å². The molecule has 0 aromatic heterocycles. The lowest BCUT2D eigenvalue weighted by atomic mass is 9.85. The zero-order valence-electron chi connectivity index (χ0n) is 11.7. The Morgan fingerprint density at radius 1 is 1.35 bits per heavy atom. The summed E-state index contributed by atoms with van der Waals surface area (Å²) in [5.41, 5.74) is 8.12. The average Bonchev–Trinajstić information content (AvgIpc) is 2.91. The lowest BCUT2D eigenvalue weighted by Gasteiger charge is -2.36. The number of fused-ring (bicyclic) bond motifs is 1. The van der Waals surface area contributed by atoms with Crippen LogP contribution in [0.15, 0.2) is 30.3 Å². The van der Waals surface area contributed by atoms with E-state index in [1.807, 2.05) is 17.2 Å². The number of nitrogens with zero attached hydrogens (tertiary/aromatic N) is 1. The molecule has 0 aliphatic carbocycles. The van der Waals surface area contributed by atoms with Gasteiger partial charge in [0.15, 0.2) is 0 Å². The van der Waals surface area contributed by atoms with E-state index in [0.717, 1.165) is 19.5 Å². The summed E-state index contributed by atoms with van der Waals surface area (Å²) in [6.45, 7) is 1.72. The average molecular weight is 291 g/mol. The molecule has 2 saturated heterocycles. The number of hydrazine groups is 1. The van der Waals surface area contributed by atoms with E-state index >= 15 is 0 Å². The van der Waals surface area contributed by atoms with Gasteiger partial charge in [0.2, 0.25) is 5.91 Å². The molecular formula is C15H21N3OS. The monoisotopic (exact) mass is 291 g/mol. The Morgan fingerprint density at radius 2 is 2.15 bits per heavy atom. The molecule has 0 radical (unpaired) electrons. The van der Waals surface area contributed by atoms with Crippen molar-refractivity contribution in [1.82, 2.24) is 15.8 Å². The highest BCUT2D eigenvalue weighted by molar-refractivity contribution is 7.99. The van der Waals surface area contributed by atoms with E-state index in [-0.39, 0.29) is 5.91 Å². The van der Waals surface area contributed by atoms with Crippen LogP contribution in [0.3, 0.4) is 0 Å². The fourth-order valence-electron chi connectivity index (χ4n) is 3.23. The normalized spacial score (nSPS) is 29.2. The first-order valence-electron chi connectivity index (χ1n) is 7.12. The number of hydrogen-bond donors (Lipinski definition) is 2. The Hall–Kier alpha value is -1.04. The van der Waals surface area contributed by atoms with Gasteiger partial charge in [0.05, 0.1) is 11.8 Å². The molecule has 1 amide bonds. The molecule has 4 nitrogen and oxygen atoms in total. The molecule has 3 rings (SSSR count). The molecule has 108 valence electrons. The fourth-order valence-corrected chi connectivity index (χ4v) is 3.66. The molecule has 3 atom stereocenters. The highest BCUT2D eigenvalue weighted by Crippen LogP contribution is 2.33. The van der Waals surface area contributed by atoms with Crippen molar-refractivity contribution >= 4 is 17.7 Å². The Morgan fingerprint density at radius 3 is 2.90 bits per heavy atom. The first-order chi connectivity index (χ1) is 9.79. The van der Waals surface area contributed by atoms with Crippen molar-refractivity contribution in [1.29, 1.82) is 0 Å². The second-order valence-corrected chi connectivity index (χ2v) is 6.37. The standard InChI is InChI=1S/C15H21N3OS/c1-20-10-14(19)18-8-7-13-12(9-18)15(17-16-13)11-5-3-2-4-6-11/h2-6,12-13,15-17H,7-10H2,1H3. The number of nitrogens with one attached hydrogen (secondary N) is 2. The molecule has 20 heavy (non-hydrogen) atoms. The quantitative estimate of drug-likeness (QED) is 0.884. The summed E-state index contributed by atoms with van der Waals surface area (Å²) in [6.07, 6.45) is 3.01. The van der Waals surface area contributed by atoms with Gasteiger partial charge in [0.1, 0.15) is 0 Å². The molecule has 0 saturated carbocycles. The minimum atomic E-state index is 0.273. The molecule has 3 unspecified atom stereocenters. The second kappa shape index (κ2) is 6.16. The van der Waals surface area contributed by atoms with Gasteiger partial charge < -0.3 is 4.90 Å². The molecular weight excluding hydrogens is 270 g/mol. The Kier molecular flexibility index (Phi) is 4.29. The molecule has 0 bridgehead atoms. The Bertz CT molecular complexity index is 467. The van der Waals surface area contributed by atoms with E-state index in [0.29, 0.717) is 23.8 Å². The van der Waals surface area contributed by atoms with Crippen LogP contribution in [0.25, 0.3) is 0 Å². The maximum absolute atomic E-state index is 12.1. The molecule has 2 fully saturated rings. The third kappa shape index (κ3) is 2.71. The molecule has 2 aliphatic rings. The minimum absolute atomic E-state index is 0.273. The van der Waals surface area contributed by atoms with Crippen LogP contribution in [0.2, 0.25) is 0 Å². The van der Waals surface area contributed by atoms with Gasteiger partial charge in [-0.15, -0.1) is 0 Å². The number of hydrogen-bond acceptors (Lipinski definition) is 4. The number of likely N-dealkylation sites (tertiary alicyclic amines) is 1. The van der Waals surface area contributed by atoms with E-state index in [9.17, 15) is 4.79 Å². The summed E-state index contributed by atoms with van der Waals surface area (Å²) in [4.78, 5) is 14.1. The van der Waals surface area contributed by atoms with E-state index < -0.39 is 0 Å². The Labute approximate surface area is 124 Å². The van der Waals surface area contributed by atoms with Crippen LogP contribution in [0.5, 0.6) is 0 Å². The van der Waals surface area contributed by atoms with E-state index in [2.05, 4.69) is 35.1 Å². The van der Waals surface area contributed by atoms with Crippen molar-refractivity contribution in [2.24, 2.45) is 5.92 Å². The van der Waals surface area contributed by atoms with E-state index in [4.69, 9.17) is 0 Å². The van der Waals surface area contributed by atoms with Crippen LogP contribution in [0, 0.1) is 5.92 Å². The maximum Gasteiger partial charge on any atom is 0.232 e. The van der Waals surface area contributed by atoms with Crippen LogP contribution in [0.4, 0.5) is 0 Å². The summed E-state index contributed by atoms with van der Waals surface area (Å²) in [5, 5.41) is 0. The zero-order chi connectivity index (χ0) is 13.9. The van der Waals surface area contributed by atoms with Gasteiger partial charge >= 0.3 is 0 Å². The largest absolute Gasteiger partial charge is 0.342 e. The van der Waals surface area contributed by atoms with Crippen LogP contribution in [-0.4, -0.2) is 41.9 Å². The predicted molar refractivity (Wildman–Crippen MR) is 82.3 cm³/mol. The summed E-state index contributed by atoms with van der Waals surface area (Å²) in [7, 11) is 0. The lowest BCUT2D eigenvalue weighted by molar-refractivity contribution is -0.130.